The van der Waals surface area contributed by atoms with Crippen molar-refractivity contribution in [2.75, 3.05) is 26.3 Å². The Hall–Kier alpha value is -0.610. The van der Waals surface area contributed by atoms with Gasteiger partial charge in [0, 0.05) is 19.0 Å². The number of rotatable bonds is 19. The Morgan fingerprint density at radius 2 is 1.52 bits per heavy atom. The first-order chi connectivity index (χ1) is 13.3. The fourth-order valence-electron chi connectivity index (χ4n) is 3.79. The summed E-state index contributed by atoms with van der Waals surface area (Å²) in [5, 5.41) is 9.17. The number of hydrogen-bond donors (Lipinski definition) is 1. The topological polar surface area (TPSA) is 49.8 Å². The molecule has 27 heavy (non-hydrogen) atoms. The largest absolute Gasteiger partial charge is 0.466 e. The summed E-state index contributed by atoms with van der Waals surface area (Å²) in [7, 11) is 0. The summed E-state index contributed by atoms with van der Waals surface area (Å²) in [6.45, 7) is 4.96. The first-order valence-corrected chi connectivity index (χ1v) is 11.8. The van der Waals surface area contributed by atoms with Crippen LogP contribution in [0.3, 0.4) is 0 Å². The standard InChI is InChI=1S/C23H45NO3/c1-2-3-4-5-6-7-8-9-13-21-27-23(26)17-11-10-12-18-24(19-20-25)22-15-14-16-22/h22,25H,2-21H2,1H3. The lowest BCUT2D eigenvalue weighted by Crippen LogP contribution is -2.42. The first kappa shape index (κ1) is 24.4. The molecule has 1 rings (SSSR count). The van der Waals surface area contributed by atoms with Crippen molar-refractivity contribution in [1.29, 1.82) is 0 Å². The molecule has 1 aliphatic carbocycles. The van der Waals surface area contributed by atoms with Gasteiger partial charge in [0.15, 0.2) is 0 Å². The van der Waals surface area contributed by atoms with Crippen molar-refractivity contribution >= 4 is 5.97 Å². The van der Waals surface area contributed by atoms with Gasteiger partial charge in [0.2, 0.25) is 0 Å². The van der Waals surface area contributed by atoms with E-state index in [0.29, 0.717) is 19.1 Å². The summed E-state index contributed by atoms with van der Waals surface area (Å²) in [5.41, 5.74) is 0. The van der Waals surface area contributed by atoms with Crippen molar-refractivity contribution in [3.63, 3.8) is 0 Å². The van der Waals surface area contributed by atoms with E-state index in [9.17, 15) is 9.90 Å². The molecule has 0 aromatic heterocycles. The molecule has 4 nitrogen and oxygen atoms in total. The van der Waals surface area contributed by atoms with Gasteiger partial charge in [-0.3, -0.25) is 9.69 Å². The third-order valence-corrected chi connectivity index (χ3v) is 5.82. The van der Waals surface area contributed by atoms with Gasteiger partial charge in [-0.15, -0.1) is 0 Å². The predicted octanol–water partition coefficient (Wildman–Crippen LogP) is 5.47. The maximum atomic E-state index is 11.8. The van der Waals surface area contributed by atoms with Crippen molar-refractivity contribution in [2.45, 2.75) is 116 Å². The molecule has 1 N–H and O–H groups in total. The Kier molecular flexibility index (Phi) is 15.8. The normalized spacial score (nSPS) is 14.5. The summed E-state index contributed by atoms with van der Waals surface area (Å²) in [6.07, 6.45) is 19.2. The molecular formula is C23H45NO3. The molecule has 0 aliphatic heterocycles. The number of nitrogens with zero attached hydrogens (tertiary/aromatic N) is 1. The Bertz CT molecular complexity index is 345. The molecule has 1 aliphatic rings. The Balaban J connectivity index is 1.84. The minimum absolute atomic E-state index is 0.0271. The zero-order valence-electron chi connectivity index (χ0n) is 17.9. The molecule has 0 spiro atoms. The number of carbonyl (C=O) groups excluding carboxylic acids is 1. The van der Waals surface area contributed by atoms with Crippen LogP contribution in [0, 0.1) is 0 Å². The van der Waals surface area contributed by atoms with Crippen LogP contribution in [0.15, 0.2) is 0 Å². The maximum absolute atomic E-state index is 11.8. The van der Waals surface area contributed by atoms with Crippen LogP contribution in [0.2, 0.25) is 0 Å². The molecule has 0 unspecified atom stereocenters. The second-order valence-electron chi connectivity index (χ2n) is 8.20. The fourth-order valence-corrected chi connectivity index (χ4v) is 3.79. The number of ether oxygens (including phenoxy) is 1. The zero-order chi connectivity index (χ0) is 19.6. The molecule has 4 heteroatoms. The summed E-state index contributed by atoms with van der Waals surface area (Å²) in [4.78, 5) is 14.2. The zero-order valence-corrected chi connectivity index (χ0v) is 17.9. The Morgan fingerprint density at radius 3 is 2.11 bits per heavy atom. The lowest BCUT2D eigenvalue weighted by atomic mass is 9.91. The van der Waals surface area contributed by atoms with Crippen LogP contribution in [-0.4, -0.2) is 48.3 Å². The minimum Gasteiger partial charge on any atom is -0.466 e. The van der Waals surface area contributed by atoms with E-state index >= 15 is 0 Å². The van der Waals surface area contributed by atoms with Gasteiger partial charge in [0.05, 0.1) is 13.2 Å². The van der Waals surface area contributed by atoms with Gasteiger partial charge in [-0.2, -0.15) is 0 Å². The molecule has 0 heterocycles. The molecule has 0 atom stereocenters. The highest BCUT2D eigenvalue weighted by Crippen LogP contribution is 2.24. The number of unbranched alkanes of at least 4 members (excludes halogenated alkanes) is 10. The number of esters is 1. The smallest absolute Gasteiger partial charge is 0.305 e. The van der Waals surface area contributed by atoms with Crippen LogP contribution < -0.4 is 0 Å². The lowest BCUT2D eigenvalue weighted by molar-refractivity contribution is -0.143. The molecule has 0 aromatic carbocycles. The molecule has 0 amide bonds. The molecular weight excluding hydrogens is 338 g/mol. The third kappa shape index (κ3) is 13.2. The number of hydrogen-bond acceptors (Lipinski definition) is 4. The van der Waals surface area contributed by atoms with E-state index in [0.717, 1.165) is 38.8 Å². The highest BCUT2D eigenvalue weighted by Gasteiger charge is 2.23. The van der Waals surface area contributed by atoms with Crippen LogP contribution in [0.4, 0.5) is 0 Å². The van der Waals surface area contributed by atoms with E-state index < -0.39 is 0 Å². The van der Waals surface area contributed by atoms with E-state index in [4.69, 9.17) is 4.74 Å². The van der Waals surface area contributed by atoms with Crippen LogP contribution in [0.25, 0.3) is 0 Å². The van der Waals surface area contributed by atoms with Gasteiger partial charge >= 0.3 is 5.97 Å². The van der Waals surface area contributed by atoms with Crippen LogP contribution in [0.1, 0.15) is 110 Å². The van der Waals surface area contributed by atoms with Crippen LogP contribution in [0.5, 0.6) is 0 Å². The summed E-state index contributed by atoms with van der Waals surface area (Å²) in [5.74, 6) is -0.0271. The van der Waals surface area contributed by atoms with Crippen molar-refractivity contribution in [1.82, 2.24) is 4.90 Å². The maximum Gasteiger partial charge on any atom is 0.305 e. The second-order valence-corrected chi connectivity index (χ2v) is 8.20. The average Bonchev–Trinajstić information content (AvgIpc) is 2.61. The van der Waals surface area contributed by atoms with Crippen LogP contribution in [-0.2, 0) is 9.53 Å². The molecule has 0 aromatic rings. The molecule has 1 fully saturated rings. The lowest BCUT2D eigenvalue weighted by Gasteiger charge is -2.37. The molecule has 0 saturated heterocycles. The summed E-state index contributed by atoms with van der Waals surface area (Å²) in [6, 6.07) is 0.693. The highest BCUT2D eigenvalue weighted by atomic mass is 16.5. The number of aliphatic hydroxyl groups is 1. The Morgan fingerprint density at radius 1 is 0.889 bits per heavy atom. The van der Waals surface area contributed by atoms with Crippen molar-refractivity contribution < 1.29 is 14.6 Å². The van der Waals surface area contributed by atoms with Crippen molar-refractivity contribution in [2.24, 2.45) is 0 Å². The average molecular weight is 384 g/mol. The van der Waals surface area contributed by atoms with Gasteiger partial charge in [-0.25, -0.2) is 0 Å². The van der Waals surface area contributed by atoms with E-state index in [-0.39, 0.29) is 12.6 Å². The predicted molar refractivity (Wildman–Crippen MR) is 113 cm³/mol. The van der Waals surface area contributed by atoms with Crippen molar-refractivity contribution in [3.05, 3.63) is 0 Å². The first-order valence-electron chi connectivity index (χ1n) is 11.8. The fraction of sp³-hybridized carbons (Fsp3) is 0.957. The molecule has 160 valence electrons. The van der Waals surface area contributed by atoms with Crippen molar-refractivity contribution in [3.8, 4) is 0 Å². The second kappa shape index (κ2) is 17.5. The SMILES string of the molecule is CCCCCCCCCCCOC(=O)CCCCCN(CCO)C1CCC1. The van der Waals surface area contributed by atoms with Gasteiger partial charge in [-0.05, 0) is 38.6 Å². The van der Waals surface area contributed by atoms with Gasteiger partial charge in [0.25, 0.3) is 0 Å². The Labute approximate surface area is 168 Å². The number of carbonyl (C=O) groups is 1. The number of aliphatic hydroxyl groups excluding tert-OH is 1. The molecule has 1 saturated carbocycles. The monoisotopic (exact) mass is 383 g/mol. The van der Waals surface area contributed by atoms with Crippen LogP contribution >= 0.6 is 0 Å². The quantitative estimate of drug-likeness (QED) is 0.237. The minimum atomic E-state index is -0.0271. The van der Waals surface area contributed by atoms with Gasteiger partial charge in [0.1, 0.15) is 0 Å². The van der Waals surface area contributed by atoms with E-state index in [2.05, 4.69) is 11.8 Å². The van der Waals surface area contributed by atoms with E-state index in [1.165, 1.54) is 70.6 Å². The van der Waals surface area contributed by atoms with Gasteiger partial charge in [-0.1, -0.05) is 71.1 Å². The molecule has 0 bridgehead atoms. The van der Waals surface area contributed by atoms with E-state index in [1.807, 2.05) is 0 Å². The van der Waals surface area contributed by atoms with E-state index in [1.54, 1.807) is 0 Å². The molecule has 0 radical (unpaired) electrons. The summed E-state index contributed by atoms with van der Waals surface area (Å²) < 4.78 is 5.35. The third-order valence-electron chi connectivity index (χ3n) is 5.82. The van der Waals surface area contributed by atoms with Gasteiger partial charge < -0.3 is 9.84 Å². The highest BCUT2D eigenvalue weighted by molar-refractivity contribution is 5.69. The summed E-state index contributed by atoms with van der Waals surface area (Å²) >= 11 is 0.